The van der Waals surface area contributed by atoms with Gasteiger partial charge < -0.3 is 9.94 Å². The van der Waals surface area contributed by atoms with E-state index in [0.29, 0.717) is 18.3 Å². The minimum absolute atomic E-state index is 0.0651. The molecule has 1 spiro atoms. The maximum Gasteiger partial charge on any atom is 0.306 e. The number of ether oxygens (including phenoxy) is 1. The highest BCUT2D eigenvalue weighted by Crippen LogP contribution is 2.79. The lowest BCUT2D eigenvalue weighted by atomic mass is 9.45. The van der Waals surface area contributed by atoms with Crippen LogP contribution in [0.25, 0.3) is 0 Å². The molecule has 5 aliphatic carbocycles. The van der Waals surface area contributed by atoms with Crippen molar-refractivity contribution < 1.29 is 14.7 Å². The molecule has 29 heavy (non-hydrogen) atoms. The molecule has 0 aromatic rings. The Labute approximate surface area is 174 Å². The lowest BCUT2D eigenvalue weighted by Crippen LogP contribution is -2.57. The monoisotopic (exact) mass is 397 g/mol. The van der Waals surface area contributed by atoms with Gasteiger partial charge in [-0.3, -0.25) is 4.79 Å². The largest absolute Gasteiger partial charge is 0.458 e. The predicted octanol–water partition coefficient (Wildman–Crippen LogP) is 5.35. The van der Waals surface area contributed by atoms with Crippen LogP contribution >= 0.6 is 0 Å². The molecule has 4 nitrogen and oxygen atoms in total. The number of nitrogens with zero attached hydrogens (tertiary/aromatic N) is 1. The van der Waals surface area contributed by atoms with Crippen LogP contribution in [0.2, 0.25) is 0 Å². The van der Waals surface area contributed by atoms with Crippen LogP contribution in [0.3, 0.4) is 0 Å². The molecule has 1 saturated heterocycles. The van der Waals surface area contributed by atoms with Gasteiger partial charge in [0.2, 0.25) is 0 Å². The Balaban J connectivity index is 1.42. The summed E-state index contributed by atoms with van der Waals surface area (Å²) in [5.41, 5.74) is 2.54. The van der Waals surface area contributed by atoms with Crippen LogP contribution < -0.4 is 0 Å². The summed E-state index contributed by atoms with van der Waals surface area (Å²) in [6, 6.07) is 0. The van der Waals surface area contributed by atoms with E-state index in [2.05, 4.69) is 25.1 Å². The molecule has 3 unspecified atom stereocenters. The van der Waals surface area contributed by atoms with Crippen LogP contribution in [-0.2, 0) is 9.53 Å². The molecule has 0 radical (unpaired) electrons. The zero-order valence-corrected chi connectivity index (χ0v) is 17.9. The Kier molecular flexibility index (Phi) is 3.88. The van der Waals surface area contributed by atoms with Crippen molar-refractivity contribution in [2.45, 2.75) is 83.7 Å². The molecule has 0 bridgehead atoms. The first-order chi connectivity index (χ1) is 14.1. The van der Waals surface area contributed by atoms with Crippen LogP contribution in [0, 0.1) is 46.8 Å². The number of esters is 1. The summed E-state index contributed by atoms with van der Waals surface area (Å²) in [4.78, 5) is 12.3. The fourth-order valence-electron chi connectivity index (χ4n) is 9.67. The van der Waals surface area contributed by atoms with Gasteiger partial charge in [-0.05, 0) is 93.0 Å². The summed E-state index contributed by atoms with van der Waals surface area (Å²) in [5.74, 6) is 5.23. The van der Waals surface area contributed by atoms with E-state index in [1.807, 2.05) is 0 Å². The lowest BCUT2D eigenvalue weighted by Gasteiger charge is -2.60. The van der Waals surface area contributed by atoms with Gasteiger partial charge in [-0.15, -0.1) is 0 Å². The summed E-state index contributed by atoms with van der Waals surface area (Å²) in [5, 5.41) is 12.8. The van der Waals surface area contributed by atoms with Gasteiger partial charge in [-0.25, -0.2) is 0 Å². The Morgan fingerprint density at radius 1 is 1.21 bits per heavy atom. The Bertz CT molecular complexity index is 802. The maximum absolute atomic E-state index is 12.3. The van der Waals surface area contributed by atoms with Crippen molar-refractivity contribution in [3.8, 4) is 0 Å². The van der Waals surface area contributed by atoms with Gasteiger partial charge in [0.1, 0.15) is 5.60 Å². The molecule has 1 aliphatic heterocycles. The maximum atomic E-state index is 12.3. The van der Waals surface area contributed by atoms with Crippen molar-refractivity contribution in [3.63, 3.8) is 0 Å². The molecular formula is C25H35NO3. The number of allylic oxidation sites excluding steroid dienone is 2. The first-order valence-electron chi connectivity index (χ1n) is 12.2. The van der Waals surface area contributed by atoms with Gasteiger partial charge >= 0.3 is 5.97 Å². The Morgan fingerprint density at radius 2 is 2.07 bits per heavy atom. The van der Waals surface area contributed by atoms with Crippen LogP contribution in [0.15, 0.2) is 16.8 Å². The number of carbonyl (C=O) groups is 1. The number of rotatable bonds is 2. The first-order valence-corrected chi connectivity index (χ1v) is 12.2. The third-order valence-electron chi connectivity index (χ3n) is 10.6. The number of fused-ring (bicyclic) bond motifs is 9. The molecule has 5 fully saturated rings. The molecule has 6 rings (SSSR count). The third kappa shape index (κ3) is 2.16. The lowest BCUT2D eigenvalue weighted by molar-refractivity contribution is -0.182. The van der Waals surface area contributed by atoms with Crippen molar-refractivity contribution in [1.29, 1.82) is 0 Å². The fraction of sp³-hybridized carbons (Fsp3) is 0.840. The van der Waals surface area contributed by atoms with Crippen LogP contribution in [0.1, 0.15) is 78.1 Å². The van der Waals surface area contributed by atoms with Gasteiger partial charge in [0.05, 0.1) is 5.71 Å². The minimum atomic E-state index is -0.128. The molecular weight excluding hydrogens is 362 g/mol. The summed E-state index contributed by atoms with van der Waals surface area (Å²) >= 11 is 0. The summed E-state index contributed by atoms with van der Waals surface area (Å²) < 4.78 is 6.32. The van der Waals surface area contributed by atoms with Gasteiger partial charge in [0, 0.05) is 17.8 Å². The molecule has 0 aromatic heterocycles. The van der Waals surface area contributed by atoms with E-state index in [1.54, 1.807) is 5.57 Å². The average Bonchev–Trinajstić information content (AvgIpc) is 3.40. The van der Waals surface area contributed by atoms with E-state index in [1.165, 1.54) is 38.5 Å². The molecule has 4 saturated carbocycles. The zero-order chi connectivity index (χ0) is 20.0. The van der Waals surface area contributed by atoms with Crippen LogP contribution in [-0.4, -0.2) is 22.5 Å². The number of hydrogen-bond donors (Lipinski definition) is 1. The average molecular weight is 398 g/mol. The highest BCUT2D eigenvalue weighted by Gasteiger charge is 2.79. The minimum Gasteiger partial charge on any atom is -0.458 e. The molecule has 6 aliphatic rings. The van der Waals surface area contributed by atoms with E-state index in [9.17, 15) is 10.0 Å². The second kappa shape index (κ2) is 6.11. The van der Waals surface area contributed by atoms with E-state index >= 15 is 0 Å². The van der Waals surface area contributed by atoms with Crippen molar-refractivity contribution in [1.82, 2.24) is 0 Å². The molecule has 1 heterocycles. The van der Waals surface area contributed by atoms with Gasteiger partial charge in [-0.2, -0.15) is 0 Å². The SMILES string of the molecule is CC[C@@H]1CC2=C/C(=N/O)CC[C@@H]2C2CC[C@@]3(CC)C(C21)[C@H]1C[C@H]1[C@@]31CCC(=O)O1. The highest BCUT2D eigenvalue weighted by molar-refractivity contribution is 5.96. The number of carbonyl (C=O) groups excluding carboxylic acids is 1. The van der Waals surface area contributed by atoms with Crippen molar-refractivity contribution in [3.05, 3.63) is 11.6 Å². The topological polar surface area (TPSA) is 58.9 Å². The molecule has 158 valence electrons. The number of oxime groups is 1. The fourth-order valence-corrected chi connectivity index (χ4v) is 9.67. The van der Waals surface area contributed by atoms with Gasteiger partial charge in [0.15, 0.2) is 0 Å². The normalized spacial score (nSPS) is 53.7. The summed E-state index contributed by atoms with van der Waals surface area (Å²) in [7, 11) is 0. The third-order valence-corrected chi connectivity index (χ3v) is 10.6. The van der Waals surface area contributed by atoms with E-state index in [0.717, 1.165) is 54.6 Å². The molecule has 1 N–H and O–H groups in total. The smallest absolute Gasteiger partial charge is 0.306 e. The Morgan fingerprint density at radius 3 is 2.76 bits per heavy atom. The second-order valence-corrected chi connectivity index (χ2v) is 11.0. The molecule has 4 heteroatoms. The standard InChI is InChI=1S/C25H35NO3/c1-3-14-11-15-12-16(26-28)5-6-17(15)18-7-9-24(4-2)23(22(14)18)19-13-20(19)25(24)10-8-21(27)29-25/h12,14,17-20,22-23,28H,3-11,13H2,1-2H3/b26-16+/t14-,17+,18?,19+,20-,22?,23?,24+,25+/m1/s1. The van der Waals surface area contributed by atoms with E-state index in [-0.39, 0.29) is 17.0 Å². The quantitative estimate of drug-likeness (QED) is 0.388. The van der Waals surface area contributed by atoms with Crippen molar-refractivity contribution >= 4 is 11.7 Å². The zero-order valence-electron chi connectivity index (χ0n) is 17.9. The Hall–Kier alpha value is -1.32. The van der Waals surface area contributed by atoms with E-state index in [4.69, 9.17) is 4.74 Å². The molecule has 0 amide bonds. The van der Waals surface area contributed by atoms with E-state index < -0.39 is 0 Å². The molecule has 0 aromatic carbocycles. The summed E-state index contributed by atoms with van der Waals surface area (Å²) in [6.07, 6.45) is 13.3. The summed E-state index contributed by atoms with van der Waals surface area (Å²) in [6.45, 7) is 4.76. The highest BCUT2D eigenvalue weighted by atomic mass is 16.6. The van der Waals surface area contributed by atoms with Crippen molar-refractivity contribution in [2.75, 3.05) is 0 Å². The second-order valence-electron chi connectivity index (χ2n) is 11.0. The van der Waals surface area contributed by atoms with Gasteiger partial charge in [0.25, 0.3) is 0 Å². The van der Waals surface area contributed by atoms with Crippen LogP contribution in [0.4, 0.5) is 0 Å². The first kappa shape index (κ1) is 18.4. The van der Waals surface area contributed by atoms with Crippen LogP contribution in [0.5, 0.6) is 0 Å². The van der Waals surface area contributed by atoms with Crippen molar-refractivity contribution in [2.24, 2.45) is 52.0 Å². The van der Waals surface area contributed by atoms with Gasteiger partial charge in [-0.1, -0.05) is 31.0 Å². The number of hydrogen-bond acceptors (Lipinski definition) is 4. The molecule has 9 atom stereocenters. The predicted molar refractivity (Wildman–Crippen MR) is 111 cm³/mol.